The Morgan fingerprint density at radius 2 is 1.61 bits per heavy atom. The molecule has 1 fully saturated rings. The highest BCUT2D eigenvalue weighted by Gasteiger charge is 2.30. The molecule has 9 heteroatoms. The Bertz CT molecular complexity index is 1310. The van der Waals surface area contributed by atoms with Crippen molar-refractivity contribution in [3.63, 3.8) is 0 Å². The van der Waals surface area contributed by atoms with Gasteiger partial charge in [0.15, 0.2) is 11.5 Å². The number of amides is 1. The van der Waals surface area contributed by atoms with Crippen molar-refractivity contribution < 1.29 is 28.5 Å². The summed E-state index contributed by atoms with van der Waals surface area (Å²) in [6.07, 6.45) is 3.21. The summed E-state index contributed by atoms with van der Waals surface area (Å²) in [6, 6.07) is 16.3. The van der Waals surface area contributed by atoms with Gasteiger partial charge in [-0.05, 0) is 75.6 Å². The van der Waals surface area contributed by atoms with E-state index < -0.39 is 5.60 Å². The number of rotatable bonds is 9. The third-order valence-electron chi connectivity index (χ3n) is 7.08. The molecule has 1 aliphatic rings. The second-order valence-corrected chi connectivity index (χ2v) is 11.0. The van der Waals surface area contributed by atoms with Gasteiger partial charge in [0.1, 0.15) is 11.4 Å². The summed E-state index contributed by atoms with van der Waals surface area (Å²) in [5, 5.41) is 0. The highest BCUT2D eigenvalue weighted by Crippen LogP contribution is 2.41. The van der Waals surface area contributed by atoms with Crippen molar-refractivity contribution in [2.75, 3.05) is 46.4 Å². The molecule has 41 heavy (non-hydrogen) atoms. The van der Waals surface area contributed by atoms with Crippen molar-refractivity contribution in [2.24, 2.45) is 0 Å². The summed E-state index contributed by atoms with van der Waals surface area (Å²) in [6.45, 7) is 7.60. The lowest BCUT2D eigenvalue weighted by Gasteiger charge is -2.40. The van der Waals surface area contributed by atoms with Crippen LogP contribution < -0.4 is 23.8 Å². The zero-order valence-corrected chi connectivity index (χ0v) is 25.1. The molecule has 1 aromatic heterocycles. The zero-order chi connectivity index (χ0) is 29.6. The lowest BCUT2D eigenvalue weighted by atomic mass is 10.0. The molecule has 0 saturated carbocycles. The topological polar surface area (TPSA) is 82.6 Å². The SMILES string of the molecule is COc1cccc(N(Cc2ccnc(-c3cc(OC)c(OC)c(OC)c3)c2)C2CCN(C(=O)OC(C)(C)C)CC2)c1. The van der Waals surface area contributed by atoms with Gasteiger partial charge >= 0.3 is 6.09 Å². The van der Waals surface area contributed by atoms with Gasteiger partial charge in [0.25, 0.3) is 0 Å². The second kappa shape index (κ2) is 13.0. The van der Waals surface area contributed by atoms with Crippen molar-refractivity contribution >= 4 is 11.8 Å². The van der Waals surface area contributed by atoms with Crippen LogP contribution in [0.1, 0.15) is 39.2 Å². The van der Waals surface area contributed by atoms with Crippen LogP contribution in [0.5, 0.6) is 23.0 Å². The van der Waals surface area contributed by atoms with Gasteiger partial charge in [-0.2, -0.15) is 0 Å². The molecule has 0 spiro atoms. The van der Waals surface area contributed by atoms with E-state index in [1.165, 1.54) is 0 Å². The van der Waals surface area contributed by atoms with E-state index in [0.29, 0.717) is 36.9 Å². The first kappa shape index (κ1) is 29.8. The number of anilines is 1. The summed E-state index contributed by atoms with van der Waals surface area (Å²) < 4.78 is 27.7. The number of piperidine rings is 1. The van der Waals surface area contributed by atoms with Crippen LogP contribution in [0.25, 0.3) is 11.3 Å². The third-order valence-corrected chi connectivity index (χ3v) is 7.08. The standard InChI is InChI=1S/C32H41N3O6/c1-32(2,3)41-31(36)34-15-12-24(13-16-34)35(25-9-8-10-26(20-25)37-4)21-22-11-14-33-27(17-22)23-18-28(38-5)30(40-7)29(19-23)39-6/h8-11,14,17-20,24H,12-13,15-16,21H2,1-7H3. The monoisotopic (exact) mass is 563 g/mol. The molecule has 0 bridgehead atoms. The van der Waals surface area contributed by atoms with E-state index in [4.69, 9.17) is 23.7 Å². The van der Waals surface area contributed by atoms with E-state index in [0.717, 1.165) is 41.1 Å². The van der Waals surface area contributed by atoms with Crippen molar-refractivity contribution in [3.8, 4) is 34.3 Å². The number of benzene rings is 2. The predicted molar refractivity (Wildman–Crippen MR) is 159 cm³/mol. The van der Waals surface area contributed by atoms with E-state index in [1.807, 2.05) is 57.3 Å². The molecule has 2 heterocycles. The number of aromatic nitrogens is 1. The van der Waals surface area contributed by atoms with Crippen LogP contribution in [0.15, 0.2) is 54.7 Å². The molecule has 0 radical (unpaired) electrons. The first-order valence-electron chi connectivity index (χ1n) is 13.8. The minimum absolute atomic E-state index is 0.221. The van der Waals surface area contributed by atoms with Crippen LogP contribution in [0.4, 0.5) is 10.5 Å². The minimum Gasteiger partial charge on any atom is -0.497 e. The lowest BCUT2D eigenvalue weighted by molar-refractivity contribution is 0.0204. The summed E-state index contributed by atoms with van der Waals surface area (Å²) in [5.41, 5.74) is 3.30. The molecule has 2 aromatic carbocycles. The molecule has 0 unspecified atom stereocenters. The quantitative estimate of drug-likeness (QED) is 0.305. The van der Waals surface area contributed by atoms with E-state index in [-0.39, 0.29) is 12.1 Å². The van der Waals surface area contributed by atoms with Crippen molar-refractivity contribution in [3.05, 3.63) is 60.3 Å². The second-order valence-electron chi connectivity index (χ2n) is 11.0. The van der Waals surface area contributed by atoms with E-state index >= 15 is 0 Å². The number of methoxy groups -OCH3 is 4. The van der Waals surface area contributed by atoms with Crippen LogP contribution in [-0.2, 0) is 11.3 Å². The molecule has 4 rings (SSSR count). The van der Waals surface area contributed by atoms with Crippen LogP contribution in [0, 0.1) is 0 Å². The fourth-order valence-corrected chi connectivity index (χ4v) is 5.06. The highest BCUT2D eigenvalue weighted by molar-refractivity contribution is 5.69. The third kappa shape index (κ3) is 7.34. The predicted octanol–water partition coefficient (Wildman–Crippen LogP) is 6.19. The van der Waals surface area contributed by atoms with Gasteiger partial charge in [-0.1, -0.05) is 6.07 Å². The molecule has 0 aliphatic carbocycles. The largest absolute Gasteiger partial charge is 0.497 e. The van der Waals surface area contributed by atoms with Crippen LogP contribution in [-0.4, -0.2) is 69.1 Å². The van der Waals surface area contributed by atoms with Gasteiger partial charge < -0.3 is 33.5 Å². The first-order valence-corrected chi connectivity index (χ1v) is 13.8. The summed E-state index contributed by atoms with van der Waals surface area (Å²) in [4.78, 5) is 21.5. The Morgan fingerprint density at radius 1 is 0.927 bits per heavy atom. The van der Waals surface area contributed by atoms with Gasteiger partial charge in [-0.15, -0.1) is 0 Å². The zero-order valence-electron chi connectivity index (χ0n) is 25.1. The van der Waals surface area contributed by atoms with Gasteiger partial charge in [0.2, 0.25) is 5.75 Å². The molecule has 1 amide bonds. The maximum absolute atomic E-state index is 12.7. The molecule has 0 atom stereocenters. The van der Waals surface area contributed by atoms with Gasteiger partial charge in [-0.25, -0.2) is 4.79 Å². The van der Waals surface area contributed by atoms with E-state index in [2.05, 4.69) is 28.1 Å². The number of hydrogen-bond acceptors (Lipinski definition) is 8. The van der Waals surface area contributed by atoms with Crippen LogP contribution in [0.2, 0.25) is 0 Å². The molecule has 220 valence electrons. The lowest BCUT2D eigenvalue weighted by Crippen LogP contribution is -2.48. The van der Waals surface area contributed by atoms with Crippen molar-refractivity contribution in [1.29, 1.82) is 0 Å². The molecular formula is C32H41N3O6. The average Bonchev–Trinajstić information content (AvgIpc) is 2.98. The van der Waals surface area contributed by atoms with Crippen LogP contribution >= 0.6 is 0 Å². The van der Waals surface area contributed by atoms with Crippen molar-refractivity contribution in [2.45, 2.75) is 51.8 Å². The number of carbonyl (C=O) groups excluding carboxylic acids is 1. The molecule has 1 aliphatic heterocycles. The average molecular weight is 564 g/mol. The first-order chi connectivity index (χ1) is 19.6. The number of carbonyl (C=O) groups is 1. The maximum atomic E-state index is 12.7. The number of ether oxygens (including phenoxy) is 5. The number of likely N-dealkylation sites (tertiary alicyclic amines) is 1. The van der Waals surface area contributed by atoms with E-state index in [9.17, 15) is 4.79 Å². The maximum Gasteiger partial charge on any atom is 0.410 e. The Labute approximate surface area is 242 Å². The number of nitrogens with zero attached hydrogens (tertiary/aromatic N) is 3. The van der Waals surface area contributed by atoms with Crippen molar-refractivity contribution in [1.82, 2.24) is 9.88 Å². The smallest absolute Gasteiger partial charge is 0.410 e. The Hall–Kier alpha value is -4.14. The van der Waals surface area contributed by atoms with E-state index in [1.54, 1.807) is 33.3 Å². The summed E-state index contributed by atoms with van der Waals surface area (Å²) >= 11 is 0. The number of hydrogen-bond donors (Lipinski definition) is 0. The Morgan fingerprint density at radius 3 is 2.20 bits per heavy atom. The van der Waals surface area contributed by atoms with Gasteiger partial charge in [0, 0.05) is 49.2 Å². The molecule has 3 aromatic rings. The fourth-order valence-electron chi connectivity index (χ4n) is 5.06. The molecule has 1 saturated heterocycles. The number of pyridine rings is 1. The Kier molecular flexibility index (Phi) is 9.47. The normalized spacial score (nSPS) is 13.9. The highest BCUT2D eigenvalue weighted by atomic mass is 16.6. The molecule has 0 N–H and O–H groups in total. The van der Waals surface area contributed by atoms with Gasteiger partial charge in [0.05, 0.1) is 34.1 Å². The molecular weight excluding hydrogens is 522 g/mol. The minimum atomic E-state index is -0.516. The fraction of sp³-hybridized carbons (Fsp3) is 0.438. The molecule has 9 nitrogen and oxygen atoms in total. The summed E-state index contributed by atoms with van der Waals surface area (Å²) in [7, 11) is 6.47. The van der Waals surface area contributed by atoms with Crippen LogP contribution in [0.3, 0.4) is 0 Å². The van der Waals surface area contributed by atoms with Gasteiger partial charge in [-0.3, -0.25) is 4.98 Å². The summed E-state index contributed by atoms with van der Waals surface area (Å²) in [5.74, 6) is 2.48. The Balaban J connectivity index is 1.61.